The van der Waals surface area contributed by atoms with Crippen LogP contribution in [0.5, 0.6) is 11.5 Å². The van der Waals surface area contributed by atoms with Gasteiger partial charge < -0.3 is 19.6 Å². The summed E-state index contributed by atoms with van der Waals surface area (Å²) < 4.78 is 6.18. The maximum atomic E-state index is 12.2. The molecule has 4 aliphatic heterocycles. The molecule has 5 aliphatic rings. The minimum Gasteiger partial charge on any atom is -0.508 e. The Morgan fingerprint density at radius 3 is 2.08 bits per heavy atom. The average Bonchev–Trinajstić information content (AvgIpc) is 3.18. The second-order valence-corrected chi connectivity index (χ2v) is 15.9. The average molecular weight is 712 g/mol. The molecule has 2 atom stereocenters. The maximum absolute atomic E-state index is 12.2. The molecule has 4 fully saturated rings. The van der Waals surface area contributed by atoms with Crippen molar-refractivity contribution in [1.82, 2.24) is 10.2 Å². The standard InChI is InChI=1S/C44H49N5O4/c50-37-14-15-38-40(26-37)53-30-39(32-4-2-1-3-5-32)42(38)33-6-8-34(9-7-33)47-20-17-44(18-21-47)27-31(28-44)29-46-22-24-48(25-23-46)35-10-12-36(13-11-35)49-19-16-41(51)45-43(49)52/h1-15,26,31,39,42,50H,16-25,27-30H2,(H,45,51,52)/t39-,42-/m1/s1. The summed E-state index contributed by atoms with van der Waals surface area (Å²) in [6.07, 6.45) is 5.60. The number of aromatic hydroxyl groups is 1. The molecule has 9 nitrogen and oxygen atoms in total. The molecule has 53 heavy (non-hydrogen) atoms. The van der Waals surface area contributed by atoms with Gasteiger partial charge in [-0.05, 0) is 90.6 Å². The number of hydrogen-bond donors (Lipinski definition) is 2. The fourth-order valence-electron chi connectivity index (χ4n) is 9.84. The van der Waals surface area contributed by atoms with Crippen molar-refractivity contribution < 1.29 is 19.4 Å². The van der Waals surface area contributed by atoms with E-state index in [4.69, 9.17) is 4.74 Å². The van der Waals surface area contributed by atoms with Crippen molar-refractivity contribution >= 4 is 29.0 Å². The topological polar surface area (TPSA) is 88.6 Å². The smallest absolute Gasteiger partial charge is 0.328 e. The SMILES string of the molecule is O=C1CCN(c2ccc(N3CCN(CC4CC5(CCN(c6ccc([C@@H]7c8ccc(O)cc8OC[C@@H]7c7ccccc7)cc6)CC5)C4)CC3)cc2)C(=O)N1. The van der Waals surface area contributed by atoms with Crippen LogP contribution in [0.15, 0.2) is 97.1 Å². The van der Waals surface area contributed by atoms with Crippen LogP contribution in [0.3, 0.4) is 0 Å². The van der Waals surface area contributed by atoms with Gasteiger partial charge in [0.05, 0.1) is 6.61 Å². The maximum Gasteiger partial charge on any atom is 0.328 e. The Morgan fingerprint density at radius 1 is 0.717 bits per heavy atom. The molecule has 0 radical (unpaired) electrons. The number of nitrogens with zero attached hydrogens (tertiary/aromatic N) is 4. The molecular formula is C44H49N5O4. The van der Waals surface area contributed by atoms with Crippen LogP contribution >= 0.6 is 0 Å². The molecule has 3 amide bonds. The lowest BCUT2D eigenvalue weighted by Gasteiger charge is -2.54. The molecule has 9 rings (SSSR count). The molecule has 2 N–H and O–H groups in total. The minimum absolute atomic E-state index is 0.159. The van der Waals surface area contributed by atoms with E-state index in [2.05, 4.69) is 86.7 Å². The molecule has 4 aromatic rings. The Kier molecular flexibility index (Phi) is 8.98. The van der Waals surface area contributed by atoms with Crippen molar-refractivity contribution in [2.45, 2.75) is 43.9 Å². The van der Waals surface area contributed by atoms with Gasteiger partial charge in [-0.1, -0.05) is 48.5 Å². The quantitative estimate of drug-likeness (QED) is 0.214. The van der Waals surface area contributed by atoms with E-state index in [1.807, 2.05) is 18.2 Å². The van der Waals surface area contributed by atoms with Crippen LogP contribution in [0.2, 0.25) is 0 Å². The van der Waals surface area contributed by atoms with Crippen LogP contribution in [0.25, 0.3) is 0 Å². The number of ether oxygens (including phenoxy) is 1. The number of benzene rings is 4. The molecular weight excluding hydrogens is 663 g/mol. The van der Waals surface area contributed by atoms with Crippen LogP contribution in [0.1, 0.15) is 60.6 Å². The van der Waals surface area contributed by atoms with Crippen molar-refractivity contribution in [1.29, 1.82) is 0 Å². The van der Waals surface area contributed by atoms with Gasteiger partial charge in [0.1, 0.15) is 11.5 Å². The van der Waals surface area contributed by atoms with Crippen LogP contribution in [-0.2, 0) is 4.79 Å². The van der Waals surface area contributed by atoms with Crippen molar-refractivity contribution in [3.63, 3.8) is 0 Å². The number of fused-ring (bicyclic) bond motifs is 1. The van der Waals surface area contributed by atoms with Gasteiger partial charge in [0, 0.05) is 99.3 Å². The summed E-state index contributed by atoms with van der Waals surface area (Å²) in [5, 5.41) is 12.5. The van der Waals surface area contributed by atoms with Gasteiger partial charge in [-0.25, -0.2) is 4.79 Å². The number of hydrogen-bond acceptors (Lipinski definition) is 7. The number of amides is 3. The van der Waals surface area contributed by atoms with Gasteiger partial charge in [-0.2, -0.15) is 0 Å². The first-order valence-corrected chi connectivity index (χ1v) is 19.4. The number of piperazine rings is 1. The van der Waals surface area contributed by atoms with Crippen LogP contribution in [0.4, 0.5) is 21.9 Å². The lowest BCUT2D eigenvalue weighted by Crippen LogP contribution is -2.52. The first-order chi connectivity index (χ1) is 25.9. The molecule has 1 spiro atoms. The molecule has 1 saturated carbocycles. The van der Waals surface area contributed by atoms with Gasteiger partial charge >= 0.3 is 6.03 Å². The first kappa shape index (κ1) is 33.8. The third-order valence-corrected chi connectivity index (χ3v) is 12.7. The van der Waals surface area contributed by atoms with E-state index in [-0.39, 0.29) is 29.5 Å². The van der Waals surface area contributed by atoms with E-state index >= 15 is 0 Å². The predicted molar refractivity (Wildman–Crippen MR) is 208 cm³/mol. The van der Waals surface area contributed by atoms with Crippen molar-refractivity contribution in [3.8, 4) is 11.5 Å². The summed E-state index contributed by atoms with van der Waals surface area (Å²) in [5.41, 5.74) is 7.55. The molecule has 0 aromatic heterocycles. The first-order valence-electron chi connectivity index (χ1n) is 19.4. The number of nitrogens with one attached hydrogen (secondary N) is 1. The molecule has 0 unspecified atom stereocenters. The summed E-state index contributed by atoms with van der Waals surface area (Å²) >= 11 is 0. The fraction of sp³-hybridized carbons (Fsp3) is 0.409. The third-order valence-electron chi connectivity index (χ3n) is 12.7. The van der Waals surface area contributed by atoms with Gasteiger partial charge in [0.25, 0.3) is 0 Å². The highest BCUT2D eigenvalue weighted by molar-refractivity contribution is 6.05. The van der Waals surface area contributed by atoms with Crippen LogP contribution in [-0.4, -0.2) is 80.9 Å². The zero-order valence-electron chi connectivity index (χ0n) is 30.3. The van der Waals surface area contributed by atoms with E-state index in [1.165, 1.54) is 54.7 Å². The Balaban J connectivity index is 0.757. The van der Waals surface area contributed by atoms with Gasteiger partial charge in [0.2, 0.25) is 5.91 Å². The van der Waals surface area contributed by atoms with Gasteiger partial charge in [-0.3, -0.25) is 19.9 Å². The molecule has 274 valence electrons. The van der Waals surface area contributed by atoms with E-state index in [0.29, 0.717) is 25.0 Å². The normalized spacial score (nSPS) is 23.3. The van der Waals surface area contributed by atoms with Crippen molar-refractivity contribution in [3.05, 3.63) is 114 Å². The molecule has 4 aromatic carbocycles. The summed E-state index contributed by atoms with van der Waals surface area (Å²) in [6.45, 7) is 8.66. The molecule has 4 heterocycles. The molecule has 0 bridgehead atoms. The number of rotatable bonds is 7. The molecule has 9 heteroatoms. The fourth-order valence-corrected chi connectivity index (χ4v) is 9.84. The predicted octanol–water partition coefficient (Wildman–Crippen LogP) is 6.97. The Bertz CT molecular complexity index is 1930. The van der Waals surface area contributed by atoms with Gasteiger partial charge in [-0.15, -0.1) is 0 Å². The van der Waals surface area contributed by atoms with Crippen molar-refractivity contribution in [2.75, 3.05) is 73.7 Å². The Labute approximate surface area is 312 Å². The summed E-state index contributed by atoms with van der Waals surface area (Å²) in [6, 6.07) is 33.3. The highest BCUT2D eigenvalue weighted by atomic mass is 16.5. The van der Waals surface area contributed by atoms with E-state index in [9.17, 15) is 14.7 Å². The number of carbonyl (C=O) groups is 2. The van der Waals surface area contributed by atoms with E-state index in [1.54, 1.807) is 17.0 Å². The van der Waals surface area contributed by atoms with Crippen LogP contribution < -0.4 is 24.8 Å². The second-order valence-electron chi connectivity index (χ2n) is 15.9. The molecule has 1 aliphatic carbocycles. The second kappa shape index (κ2) is 14.1. The number of anilines is 3. The summed E-state index contributed by atoms with van der Waals surface area (Å²) in [7, 11) is 0. The molecule has 3 saturated heterocycles. The highest BCUT2D eigenvalue weighted by Gasteiger charge is 2.46. The highest BCUT2D eigenvalue weighted by Crippen LogP contribution is 2.53. The number of phenols is 1. The number of carbonyl (C=O) groups excluding carboxylic acids is 2. The number of urea groups is 1. The monoisotopic (exact) mass is 711 g/mol. The van der Waals surface area contributed by atoms with E-state index in [0.717, 1.165) is 62.2 Å². The summed E-state index contributed by atoms with van der Waals surface area (Å²) in [5.74, 6) is 1.98. The summed E-state index contributed by atoms with van der Waals surface area (Å²) in [4.78, 5) is 33.1. The third kappa shape index (κ3) is 6.83. The number of phenolic OH excluding ortho intramolecular Hbond substituents is 1. The Morgan fingerprint density at radius 2 is 1.38 bits per heavy atom. The number of piperidine rings is 1. The Hall–Kier alpha value is -5.02. The lowest BCUT2D eigenvalue weighted by molar-refractivity contribution is -0.120. The van der Waals surface area contributed by atoms with Gasteiger partial charge in [0.15, 0.2) is 0 Å². The zero-order valence-corrected chi connectivity index (χ0v) is 30.3. The van der Waals surface area contributed by atoms with Crippen molar-refractivity contribution in [2.24, 2.45) is 11.3 Å². The van der Waals surface area contributed by atoms with E-state index < -0.39 is 0 Å². The van der Waals surface area contributed by atoms with Crippen LogP contribution in [0, 0.1) is 11.3 Å². The largest absolute Gasteiger partial charge is 0.508 e. The lowest BCUT2D eigenvalue weighted by atomic mass is 9.57. The minimum atomic E-state index is -0.337. The zero-order chi connectivity index (χ0) is 35.9. The number of imide groups is 1.